The Labute approximate surface area is 104 Å². The summed E-state index contributed by atoms with van der Waals surface area (Å²) in [5.41, 5.74) is 0. The summed E-state index contributed by atoms with van der Waals surface area (Å²) in [6.45, 7) is 7.42. The summed E-state index contributed by atoms with van der Waals surface area (Å²) < 4.78 is 25.4. The van der Waals surface area contributed by atoms with Crippen LogP contribution in [0.5, 0.6) is 0 Å². The third-order valence-corrected chi connectivity index (χ3v) is 4.02. The molecule has 4 nitrogen and oxygen atoms in total. The minimum absolute atomic E-state index is 0.121. The van der Waals surface area contributed by atoms with E-state index in [2.05, 4.69) is 23.5 Å². The highest BCUT2D eigenvalue weighted by Crippen LogP contribution is 1.93. The zero-order chi connectivity index (χ0) is 12.4. The number of hydrogen-bond acceptors (Lipinski definition) is 3. The Morgan fingerprint density at radius 3 is 2.44 bits per heavy atom. The molecule has 0 heterocycles. The molecular weight excluding hydrogens is 248 g/mol. The molecule has 0 rings (SSSR count). The van der Waals surface area contributed by atoms with Crippen LogP contribution in [0.15, 0.2) is 0 Å². The van der Waals surface area contributed by atoms with Gasteiger partial charge in [-0.3, -0.25) is 0 Å². The van der Waals surface area contributed by atoms with Gasteiger partial charge in [0, 0.05) is 19.0 Å². The van der Waals surface area contributed by atoms with Crippen molar-refractivity contribution in [2.45, 2.75) is 26.7 Å². The number of nitrogens with zero attached hydrogens (tertiary/aromatic N) is 1. The summed E-state index contributed by atoms with van der Waals surface area (Å²) in [4.78, 5) is 2.23. The number of halogens is 1. The fourth-order valence-electron chi connectivity index (χ4n) is 1.42. The van der Waals surface area contributed by atoms with Crippen LogP contribution in [0.3, 0.4) is 0 Å². The Balaban J connectivity index is 3.78. The standard InChI is InChI=1S/C10H23ClN2O2S/c1-3-8-13(4-2)9-7-12-16(14,15)10-5-6-11/h12H,3-10H2,1-2H3. The minimum atomic E-state index is -3.12. The topological polar surface area (TPSA) is 49.4 Å². The second kappa shape index (κ2) is 9.22. The average molecular weight is 271 g/mol. The van der Waals surface area contributed by atoms with Crippen molar-refractivity contribution >= 4 is 21.6 Å². The summed E-state index contributed by atoms with van der Waals surface area (Å²) in [7, 11) is -3.12. The largest absolute Gasteiger partial charge is 0.302 e. The van der Waals surface area contributed by atoms with E-state index < -0.39 is 10.0 Å². The first-order valence-corrected chi connectivity index (χ1v) is 8.00. The molecule has 0 aliphatic carbocycles. The zero-order valence-electron chi connectivity index (χ0n) is 10.2. The van der Waals surface area contributed by atoms with Crippen LogP contribution in [-0.2, 0) is 10.0 Å². The van der Waals surface area contributed by atoms with Crippen molar-refractivity contribution in [3.63, 3.8) is 0 Å². The summed E-state index contributed by atoms with van der Waals surface area (Å²) >= 11 is 5.46. The van der Waals surface area contributed by atoms with Crippen molar-refractivity contribution < 1.29 is 8.42 Å². The van der Waals surface area contributed by atoms with Crippen molar-refractivity contribution in [1.82, 2.24) is 9.62 Å². The maximum atomic E-state index is 11.4. The predicted octanol–water partition coefficient (Wildman–Crippen LogP) is 1.27. The molecule has 0 saturated heterocycles. The normalized spacial score (nSPS) is 12.2. The fourth-order valence-corrected chi connectivity index (χ4v) is 2.78. The third kappa shape index (κ3) is 8.33. The SMILES string of the molecule is CCCN(CC)CCNS(=O)(=O)CCCCl. The van der Waals surface area contributed by atoms with Crippen molar-refractivity contribution in [3.05, 3.63) is 0 Å². The van der Waals surface area contributed by atoms with Crippen molar-refractivity contribution in [1.29, 1.82) is 0 Å². The molecule has 0 aromatic carbocycles. The number of alkyl halides is 1. The van der Waals surface area contributed by atoms with E-state index in [0.717, 1.165) is 26.1 Å². The van der Waals surface area contributed by atoms with E-state index in [-0.39, 0.29) is 5.75 Å². The van der Waals surface area contributed by atoms with Gasteiger partial charge in [-0.2, -0.15) is 0 Å². The lowest BCUT2D eigenvalue weighted by atomic mass is 10.4. The van der Waals surface area contributed by atoms with Crippen molar-refractivity contribution in [3.8, 4) is 0 Å². The van der Waals surface area contributed by atoms with Gasteiger partial charge in [0.05, 0.1) is 5.75 Å². The molecule has 98 valence electrons. The van der Waals surface area contributed by atoms with E-state index >= 15 is 0 Å². The Bertz CT molecular complexity index is 258. The predicted molar refractivity (Wildman–Crippen MR) is 69.5 cm³/mol. The first kappa shape index (κ1) is 16.2. The Hall–Kier alpha value is 0.160. The maximum absolute atomic E-state index is 11.4. The van der Waals surface area contributed by atoms with Gasteiger partial charge in [-0.25, -0.2) is 13.1 Å². The molecule has 0 atom stereocenters. The van der Waals surface area contributed by atoms with Gasteiger partial charge in [-0.05, 0) is 25.9 Å². The third-order valence-electron chi connectivity index (χ3n) is 2.28. The summed E-state index contributed by atoms with van der Waals surface area (Å²) in [5, 5.41) is 0. The van der Waals surface area contributed by atoms with Crippen LogP contribution in [0.2, 0.25) is 0 Å². The maximum Gasteiger partial charge on any atom is 0.211 e. The monoisotopic (exact) mass is 270 g/mol. The molecular formula is C10H23ClN2O2S. The highest BCUT2D eigenvalue weighted by atomic mass is 35.5. The van der Waals surface area contributed by atoms with Gasteiger partial charge in [-0.1, -0.05) is 13.8 Å². The summed E-state index contributed by atoms with van der Waals surface area (Å²) in [6.07, 6.45) is 1.59. The van der Waals surface area contributed by atoms with Gasteiger partial charge < -0.3 is 4.90 Å². The molecule has 0 aromatic heterocycles. The summed E-state index contributed by atoms with van der Waals surface area (Å²) in [5.74, 6) is 0.508. The van der Waals surface area contributed by atoms with Crippen LogP contribution < -0.4 is 4.72 Å². The van der Waals surface area contributed by atoms with Crippen LogP contribution in [0.25, 0.3) is 0 Å². The molecule has 0 aromatic rings. The molecule has 0 aliphatic rings. The highest BCUT2D eigenvalue weighted by Gasteiger charge is 2.09. The molecule has 0 unspecified atom stereocenters. The lowest BCUT2D eigenvalue weighted by Gasteiger charge is -2.19. The van der Waals surface area contributed by atoms with E-state index in [1.54, 1.807) is 0 Å². The lowest BCUT2D eigenvalue weighted by molar-refractivity contribution is 0.293. The van der Waals surface area contributed by atoms with Gasteiger partial charge in [0.1, 0.15) is 0 Å². The Morgan fingerprint density at radius 1 is 1.25 bits per heavy atom. The van der Waals surface area contributed by atoms with Gasteiger partial charge in [0.2, 0.25) is 10.0 Å². The zero-order valence-corrected chi connectivity index (χ0v) is 11.8. The molecule has 16 heavy (non-hydrogen) atoms. The fraction of sp³-hybridized carbons (Fsp3) is 1.00. The second-order valence-corrected chi connectivity index (χ2v) is 5.99. The van der Waals surface area contributed by atoms with Crippen molar-refractivity contribution in [2.75, 3.05) is 37.8 Å². The van der Waals surface area contributed by atoms with Crippen LogP contribution in [0.1, 0.15) is 26.7 Å². The molecule has 6 heteroatoms. The van der Waals surface area contributed by atoms with Crippen molar-refractivity contribution in [2.24, 2.45) is 0 Å². The van der Waals surface area contributed by atoms with Crippen LogP contribution in [0, 0.1) is 0 Å². The average Bonchev–Trinajstić information content (AvgIpc) is 2.25. The number of nitrogens with one attached hydrogen (secondary N) is 1. The molecule has 0 amide bonds. The van der Waals surface area contributed by atoms with Gasteiger partial charge >= 0.3 is 0 Å². The molecule has 0 radical (unpaired) electrons. The van der Waals surface area contributed by atoms with Crippen LogP contribution in [-0.4, -0.2) is 51.1 Å². The molecule has 0 aliphatic heterocycles. The number of sulfonamides is 1. The van der Waals surface area contributed by atoms with Crippen LogP contribution in [0.4, 0.5) is 0 Å². The first-order valence-electron chi connectivity index (χ1n) is 5.81. The summed E-state index contributed by atoms with van der Waals surface area (Å²) in [6, 6.07) is 0. The van der Waals surface area contributed by atoms with Gasteiger partial charge in [-0.15, -0.1) is 11.6 Å². The highest BCUT2D eigenvalue weighted by molar-refractivity contribution is 7.89. The molecule has 0 spiro atoms. The van der Waals surface area contributed by atoms with E-state index in [0.29, 0.717) is 18.8 Å². The molecule has 0 fully saturated rings. The first-order chi connectivity index (χ1) is 7.55. The van der Waals surface area contributed by atoms with E-state index in [1.165, 1.54) is 0 Å². The van der Waals surface area contributed by atoms with E-state index in [4.69, 9.17) is 11.6 Å². The Kier molecular flexibility index (Phi) is 9.31. The Morgan fingerprint density at radius 2 is 1.94 bits per heavy atom. The van der Waals surface area contributed by atoms with Gasteiger partial charge in [0.25, 0.3) is 0 Å². The molecule has 0 bridgehead atoms. The molecule has 1 N–H and O–H groups in total. The number of rotatable bonds is 10. The number of hydrogen-bond donors (Lipinski definition) is 1. The lowest BCUT2D eigenvalue weighted by Crippen LogP contribution is -2.36. The van der Waals surface area contributed by atoms with E-state index in [9.17, 15) is 8.42 Å². The quantitative estimate of drug-likeness (QED) is 0.608. The molecule has 0 saturated carbocycles. The van der Waals surface area contributed by atoms with E-state index in [1.807, 2.05) is 0 Å². The van der Waals surface area contributed by atoms with Crippen LogP contribution >= 0.6 is 11.6 Å². The number of likely N-dealkylation sites (N-methyl/N-ethyl adjacent to an activating group) is 1. The smallest absolute Gasteiger partial charge is 0.211 e. The van der Waals surface area contributed by atoms with Gasteiger partial charge in [0.15, 0.2) is 0 Å². The second-order valence-electron chi connectivity index (χ2n) is 3.69. The minimum Gasteiger partial charge on any atom is -0.302 e.